The zero-order valence-electron chi connectivity index (χ0n) is 57.4. The maximum atomic E-state index is 14.3. The lowest BCUT2D eigenvalue weighted by Crippen LogP contribution is -2.66. The maximum absolute atomic E-state index is 14.3. The third-order valence-corrected chi connectivity index (χ3v) is 17.0. The van der Waals surface area contributed by atoms with Gasteiger partial charge in [-0.25, -0.2) is 9.59 Å². The molecule has 92 heavy (non-hydrogen) atoms. The fourth-order valence-corrected chi connectivity index (χ4v) is 11.5. The fraction of sp³-hybridized carbons (Fsp3) is 0.873. The van der Waals surface area contributed by atoms with Gasteiger partial charge in [0.1, 0.15) is 31.4 Å². The van der Waals surface area contributed by atoms with Gasteiger partial charge in [-0.2, -0.15) is 0 Å². The van der Waals surface area contributed by atoms with Crippen LogP contribution in [0.2, 0.25) is 0 Å². The molecular formula is C71H126N2O19. The summed E-state index contributed by atoms with van der Waals surface area (Å²) >= 11 is 0. The van der Waals surface area contributed by atoms with Gasteiger partial charge in [-0.05, 0) is 25.7 Å². The zero-order chi connectivity index (χ0) is 67.8. The molecule has 1 fully saturated rings. The van der Waals surface area contributed by atoms with Crippen LogP contribution in [0.15, 0.2) is 0 Å². The van der Waals surface area contributed by atoms with Crippen LogP contribution in [0.5, 0.6) is 0 Å². The summed E-state index contributed by atoms with van der Waals surface area (Å²) in [6.07, 6.45) is 26.2. The van der Waals surface area contributed by atoms with Gasteiger partial charge < -0.3 is 59.5 Å². The number of carbonyl (C=O) groups excluding carboxylic acids is 6. The predicted octanol–water partition coefficient (Wildman–Crippen LogP) is 14.4. The molecule has 0 aromatic heterocycles. The summed E-state index contributed by atoms with van der Waals surface area (Å²) in [5, 5.41) is 47.5. The van der Waals surface area contributed by atoms with E-state index in [4.69, 9.17) is 28.4 Å². The third kappa shape index (κ3) is 45.4. The zero-order valence-corrected chi connectivity index (χ0v) is 57.4. The normalized spacial score (nSPS) is 17.0. The van der Waals surface area contributed by atoms with Crippen LogP contribution in [0.4, 0.5) is 0 Å². The number of aliphatic carboxylic acids is 3. The summed E-state index contributed by atoms with van der Waals surface area (Å²) in [6.45, 7) is 6.97. The number of nitrogens with one attached hydrogen (secondary N) is 2. The first-order valence-corrected chi connectivity index (χ1v) is 36.4. The van der Waals surface area contributed by atoms with Crippen LogP contribution in [0.1, 0.15) is 336 Å². The summed E-state index contributed by atoms with van der Waals surface area (Å²) in [5.41, 5.74) is 0. The van der Waals surface area contributed by atoms with Crippen molar-refractivity contribution in [3.63, 3.8) is 0 Å². The van der Waals surface area contributed by atoms with E-state index >= 15 is 0 Å². The molecule has 0 aromatic carbocycles. The van der Waals surface area contributed by atoms with Crippen LogP contribution < -0.4 is 10.6 Å². The summed E-state index contributed by atoms with van der Waals surface area (Å²) < 4.78 is 34.4. The standard InChI is InChI=1S/C71H126N2O19/c1-5-9-13-17-21-25-28-32-36-40-44-48-58(75)73-64-66(92-63(82)53-72-57(74)47-43-39-35-31-24-20-16-12-8-4)65(83)56(89-71(64)88-55(51-59(76)77)52-60(78)79)54-87-70(86)68(91-62(81)50-46-42-38-34-30-27-23-19-15-11-7-3)67(69(84)85)90-61(80)49-45-41-37-33-29-26-22-18-14-10-6-2/h55-56,64-68,71,83H,5-54H2,1-4H3,(H,72,74)(H,73,75)(H,76,77)(H,78,79)(H,84,85)/t56-,64-,65-,66-,67-,68-,71+/m1/s1. The van der Waals surface area contributed by atoms with E-state index in [9.17, 15) is 63.6 Å². The van der Waals surface area contributed by atoms with Gasteiger partial charge in [0.2, 0.25) is 24.0 Å². The molecule has 0 bridgehead atoms. The van der Waals surface area contributed by atoms with Crippen LogP contribution in [0, 0.1) is 0 Å². The summed E-state index contributed by atoms with van der Waals surface area (Å²) in [7, 11) is 0. The van der Waals surface area contributed by atoms with Gasteiger partial charge in [-0.1, -0.05) is 272 Å². The quantitative estimate of drug-likeness (QED) is 0.0187. The van der Waals surface area contributed by atoms with Crippen LogP contribution in [0.25, 0.3) is 0 Å². The van der Waals surface area contributed by atoms with Crippen molar-refractivity contribution in [1.29, 1.82) is 0 Å². The molecule has 1 aliphatic rings. The molecule has 1 saturated heterocycles. The Morgan fingerprint density at radius 1 is 0.424 bits per heavy atom. The minimum absolute atomic E-state index is 0.0470. The number of carboxylic acid groups (broad SMARTS) is 3. The van der Waals surface area contributed by atoms with E-state index in [0.717, 1.165) is 122 Å². The number of aliphatic hydroxyl groups excluding tert-OH is 1. The third-order valence-electron chi connectivity index (χ3n) is 17.0. The monoisotopic (exact) mass is 1310 g/mol. The number of carbonyl (C=O) groups is 9. The maximum Gasteiger partial charge on any atom is 0.352 e. The van der Waals surface area contributed by atoms with E-state index in [1.54, 1.807) is 0 Å². The van der Waals surface area contributed by atoms with Crippen molar-refractivity contribution in [2.45, 2.75) is 385 Å². The molecule has 0 unspecified atom stereocenters. The molecule has 21 nitrogen and oxygen atoms in total. The van der Waals surface area contributed by atoms with E-state index in [1.165, 1.54) is 103 Å². The average molecular weight is 1310 g/mol. The van der Waals surface area contributed by atoms with Gasteiger partial charge in [-0.15, -0.1) is 0 Å². The lowest BCUT2D eigenvalue weighted by atomic mass is 9.96. The Morgan fingerprint density at radius 3 is 1.12 bits per heavy atom. The van der Waals surface area contributed by atoms with E-state index < -0.39 is 129 Å². The highest BCUT2D eigenvalue weighted by Crippen LogP contribution is 2.29. The van der Waals surface area contributed by atoms with E-state index in [0.29, 0.717) is 44.9 Å². The molecular weight excluding hydrogens is 1180 g/mol. The number of esters is 4. The first-order valence-electron chi connectivity index (χ1n) is 36.4. The number of hydrogen-bond donors (Lipinski definition) is 6. The van der Waals surface area contributed by atoms with Gasteiger partial charge in [0.25, 0.3) is 0 Å². The largest absolute Gasteiger partial charge is 0.481 e. The highest BCUT2D eigenvalue weighted by atomic mass is 16.7. The highest BCUT2D eigenvalue weighted by Gasteiger charge is 2.51. The molecule has 1 heterocycles. The first kappa shape index (κ1) is 85.1. The Balaban J connectivity index is 3.52. The predicted molar refractivity (Wildman–Crippen MR) is 352 cm³/mol. The van der Waals surface area contributed by atoms with Crippen molar-refractivity contribution < 1.29 is 92.0 Å². The molecule has 0 spiro atoms. The average Bonchev–Trinajstić information content (AvgIpc) is 0.874. The SMILES string of the molecule is CCCCCCCCCCCCCC(=O)N[C@H]1[C@@H](OC(CC(=O)O)CC(=O)O)O[C@H](COC(=O)[C@H](OC(=O)CCCCCCCCCCCCC)[C@@H](OC(=O)CCCCCCCCCCCCC)C(=O)O)[C@@H](O)[C@@H]1OC(=O)CNC(=O)CCCCCCCCCCC. The van der Waals surface area contributed by atoms with Gasteiger partial charge in [0.15, 0.2) is 12.4 Å². The van der Waals surface area contributed by atoms with Crippen molar-refractivity contribution in [2.75, 3.05) is 13.2 Å². The fourth-order valence-electron chi connectivity index (χ4n) is 11.5. The molecule has 6 N–H and O–H groups in total. The number of carboxylic acids is 3. The Bertz CT molecular complexity index is 1960. The van der Waals surface area contributed by atoms with E-state index in [-0.39, 0.29) is 25.7 Å². The molecule has 21 heteroatoms. The van der Waals surface area contributed by atoms with Crippen molar-refractivity contribution >= 4 is 53.6 Å². The Labute approximate surface area is 552 Å². The van der Waals surface area contributed by atoms with Crippen LogP contribution in [-0.4, -0.2) is 136 Å². The van der Waals surface area contributed by atoms with Gasteiger partial charge in [0, 0.05) is 25.7 Å². The topological polar surface area (TPSA) is 314 Å². The molecule has 534 valence electrons. The highest BCUT2D eigenvalue weighted by molar-refractivity contribution is 5.88. The molecule has 1 aliphatic heterocycles. The number of ether oxygens (including phenoxy) is 6. The minimum Gasteiger partial charge on any atom is -0.481 e. The van der Waals surface area contributed by atoms with Gasteiger partial charge in [0.05, 0.1) is 18.9 Å². The second-order valence-electron chi connectivity index (χ2n) is 25.5. The van der Waals surface area contributed by atoms with Crippen molar-refractivity contribution in [3.8, 4) is 0 Å². The van der Waals surface area contributed by atoms with Crippen LogP contribution >= 0.6 is 0 Å². The Hall–Kier alpha value is -4.89. The van der Waals surface area contributed by atoms with Crippen molar-refractivity contribution in [3.05, 3.63) is 0 Å². The lowest BCUT2D eigenvalue weighted by Gasteiger charge is -2.44. The van der Waals surface area contributed by atoms with Gasteiger partial charge in [-0.3, -0.25) is 33.6 Å². The number of hydrogen-bond acceptors (Lipinski definition) is 16. The Kier molecular flexibility index (Phi) is 53.2. The van der Waals surface area contributed by atoms with E-state index in [2.05, 4.69) is 38.3 Å². The number of aliphatic hydroxyl groups is 1. The Morgan fingerprint density at radius 2 is 0.761 bits per heavy atom. The number of amides is 2. The number of unbranched alkanes of at least 4 members (excludes halogenated alkanes) is 38. The second kappa shape index (κ2) is 57.5. The minimum atomic E-state index is -2.38. The molecule has 2 amide bonds. The molecule has 0 aromatic rings. The molecule has 0 radical (unpaired) electrons. The van der Waals surface area contributed by atoms with E-state index in [1.807, 2.05) is 0 Å². The first-order chi connectivity index (χ1) is 44.5. The lowest BCUT2D eigenvalue weighted by molar-refractivity contribution is -0.286. The van der Waals surface area contributed by atoms with Crippen molar-refractivity contribution in [1.82, 2.24) is 10.6 Å². The summed E-state index contributed by atoms with van der Waals surface area (Å²) in [5.74, 6) is -10.4. The molecule has 0 aliphatic carbocycles. The molecule has 1 rings (SSSR count). The summed E-state index contributed by atoms with van der Waals surface area (Å²) in [6, 6.07) is -1.66. The smallest absolute Gasteiger partial charge is 0.352 e. The second-order valence-corrected chi connectivity index (χ2v) is 25.5. The summed E-state index contributed by atoms with van der Waals surface area (Å²) in [4.78, 5) is 119. The van der Waals surface area contributed by atoms with Crippen LogP contribution in [0.3, 0.4) is 0 Å². The van der Waals surface area contributed by atoms with Crippen LogP contribution in [-0.2, 0) is 71.6 Å². The van der Waals surface area contributed by atoms with Crippen molar-refractivity contribution in [2.24, 2.45) is 0 Å². The van der Waals surface area contributed by atoms with Gasteiger partial charge >= 0.3 is 41.8 Å². The molecule has 0 saturated carbocycles. The number of rotatable bonds is 63. The molecule has 7 atom stereocenters.